The molecule has 1 aromatic heterocycles. The summed E-state index contributed by atoms with van der Waals surface area (Å²) in [5, 5.41) is 0. The predicted octanol–water partition coefficient (Wildman–Crippen LogP) is 0.837. The monoisotopic (exact) mass is 228 g/mol. The quantitative estimate of drug-likeness (QED) is 0.326. The summed E-state index contributed by atoms with van der Waals surface area (Å²) in [4.78, 5) is 27.1. The summed E-state index contributed by atoms with van der Waals surface area (Å²) in [6, 6.07) is 3.35. The molecule has 1 atom stereocenters. The molecule has 0 aromatic carbocycles. The molecule has 0 saturated carbocycles. The summed E-state index contributed by atoms with van der Waals surface area (Å²) in [6.45, 7) is 0.426. The van der Waals surface area contributed by atoms with Crippen molar-refractivity contribution >= 4 is 41.3 Å². The number of pyridine rings is 1. The molecule has 16 heavy (non-hydrogen) atoms. The largest absolute Gasteiger partial charge is 0.465 e. The Bertz CT molecular complexity index is 380. The third kappa shape index (κ3) is 2.90. The van der Waals surface area contributed by atoms with Crippen molar-refractivity contribution in [2.75, 3.05) is 6.61 Å². The Balaban J connectivity index is 0.00000128. The van der Waals surface area contributed by atoms with Crippen molar-refractivity contribution in [1.29, 1.82) is 0 Å². The molecule has 2 heterocycles. The molecule has 5 heteroatoms. The van der Waals surface area contributed by atoms with Crippen LogP contribution in [0.4, 0.5) is 0 Å². The van der Waals surface area contributed by atoms with Crippen LogP contribution in [0, 0.1) is 5.92 Å². The van der Waals surface area contributed by atoms with E-state index in [-0.39, 0.29) is 35.3 Å². The molecular weight excluding hydrogens is 217 g/mol. The first-order valence-corrected chi connectivity index (χ1v) is 4.90. The first-order chi connectivity index (χ1) is 7.29. The van der Waals surface area contributed by atoms with Crippen molar-refractivity contribution in [1.82, 2.24) is 4.98 Å². The maximum atomic E-state index is 11.9. The molecule has 0 amide bonds. The summed E-state index contributed by atoms with van der Waals surface area (Å²) < 4.78 is 4.85. The third-order valence-electron chi connectivity index (χ3n) is 2.43. The minimum absolute atomic E-state index is 0. The van der Waals surface area contributed by atoms with E-state index in [0.717, 1.165) is 6.42 Å². The van der Waals surface area contributed by atoms with E-state index in [0.29, 0.717) is 18.6 Å². The average molecular weight is 228 g/mol. The maximum absolute atomic E-state index is 11.9. The number of nitrogens with zero attached hydrogens (tertiary/aromatic N) is 1. The summed E-state index contributed by atoms with van der Waals surface area (Å²) in [5.74, 6) is -1.23. The van der Waals surface area contributed by atoms with E-state index in [2.05, 4.69) is 4.98 Å². The van der Waals surface area contributed by atoms with E-state index in [4.69, 9.17) is 4.74 Å². The molecule has 0 bridgehead atoms. The van der Waals surface area contributed by atoms with Gasteiger partial charge in [-0.05, 0) is 25.0 Å². The SMILES string of the molecule is O=C1OCCCC1C(=O)c1cccnc1.[Na]. The zero-order valence-electron chi connectivity index (χ0n) is 9.18. The van der Waals surface area contributed by atoms with Crippen LogP contribution in [-0.4, -0.2) is 52.9 Å². The van der Waals surface area contributed by atoms with Gasteiger partial charge in [-0.3, -0.25) is 14.6 Å². The van der Waals surface area contributed by atoms with E-state index in [1.807, 2.05) is 0 Å². The van der Waals surface area contributed by atoms with Gasteiger partial charge in [-0.15, -0.1) is 0 Å². The number of carbonyl (C=O) groups is 2. The molecule has 0 N–H and O–H groups in total. The van der Waals surface area contributed by atoms with E-state index >= 15 is 0 Å². The van der Waals surface area contributed by atoms with E-state index in [1.165, 1.54) is 6.20 Å². The van der Waals surface area contributed by atoms with Crippen LogP contribution in [0.15, 0.2) is 24.5 Å². The molecule has 0 aliphatic carbocycles. The van der Waals surface area contributed by atoms with Crippen LogP contribution in [0.2, 0.25) is 0 Å². The van der Waals surface area contributed by atoms with Crippen molar-refractivity contribution in [2.45, 2.75) is 12.8 Å². The van der Waals surface area contributed by atoms with Crippen molar-refractivity contribution in [3.63, 3.8) is 0 Å². The minimum atomic E-state index is -0.636. The molecular formula is C11H11NNaO3. The fourth-order valence-electron chi connectivity index (χ4n) is 1.63. The topological polar surface area (TPSA) is 56.3 Å². The van der Waals surface area contributed by atoms with Crippen molar-refractivity contribution < 1.29 is 14.3 Å². The smallest absolute Gasteiger partial charge is 0.316 e. The number of ether oxygens (including phenoxy) is 1. The van der Waals surface area contributed by atoms with Gasteiger partial charge >= 0.3 is 5.97 Å². The van der Waals surface area contributed by atoms with Gasteiger partial charge in [0.1, 0.15) is 5.92 Å². The van der Waals surface area contributed by atoms with Gasteiger partial charge in [-0.2, -0.15) is 0 Å². The predicted molar refractivity (Wildman–Crippen MR) is 58.0 cm³/mol. The number of esters is 1. The van der Waals surface area contributed by atoms with Crippen LogP contribution < -0.4 is 0 Å². The number of hydrogen-bond donors (Lipinski definition) is 0. The Kier molecular flexibility index (Phi) is 5.12. The second kappa shape index (κ2) is 6.13. The van der Waals surface area contributed by atoms with Gasteiger partial charge in [0.2, 0.25) is 0 Å². The zero-order chi connectivity index (χ0) is 10.7. The van der Waals surface area contributed by atoms with E-state index < -0.39 is 11.9 Å². The Labute approximate surface area is 116 Å². The van der Waals surface area contributed by atoms with Crippen molar-refractivity contribution in [3.05, 3.63) is 30.1 Å². The number of rotatable bonds is 2. The summed E-state index contributed by atoms with van der Waals surface area (Å²) in [5.41, 5.74) is 0.473. The molecule has 4 nitrogen and oxygen atoms in total. The van der Waals surface area contributed by atoms with Gasteiger partial charge in [-0.25, -0.2) is 0 Å². The second-order valence-corrected chi connectivity index (χ2v) is 3.47. The number of carbonyl (C=O) groups excluding carboxylic acids is 2. The Morgan fingerprint density at radius 3 is 2.94 bits per heavy atom. The second-order valence-electron chi connectivity index (χ2n) is 3.47. The molecule has 1 fully saturated rings. The van der Waals surface area contributed by atoms with Crippen molar-refractivity contribution in [2.24, 2.45) is 5.92 Å². The first-order valence-electron chi connectivity index (χ1n) is 4.90. The first kappa shape index (κ1) is 13.4. The summed E-state index contributed by atoms with van der Waals surface area (Å²) >= 11 is 0. The minimum Gasteiger partial charge on any atom is -0.465 e. The van der Waals surface area contributed by atoms with Crippen LogP contribution in [0.5, 0.6) is 0 Å². The molecule has 1 unspecified atom stereocenters. The van der Waals surface area contributed by atoms with Crippen LogP contribution >= 0.6 is 0 Å². The number of hydrogen-bond acceptors (Lipinski definition) is 4. The average Bonchev–Trinajstić information content (AvgIpc) is 2.30. The Morgan fingerprint density at radius 2 is 2.31 bits per heavy atom. The molecule has 79 valence electrons. The number of cyclic esters (lactones) is 1. The normalized spacial score (nSPS) is 19.5. The van der Waals surface area contributed by atoms with Crippen LogP contribution in [-0.2, 0) is 9.53 Å². The molecule has 1 aromatic rings. The van der Waals surface area contributed by atoms with Gasteiger partial charge in [-0.1, -0.05) is 0 Å². The molecule has 0 spiro atoms. The molecule has 2 rings (SSSR count). The Hall–Kier alpha value is -0.710. The fraction of sp³-hybridized carbons (Fsp3) is 0.364. The standard InChI is InChI=1S/C11H11NO3.Na/c13-10(8-3-1-5-12-7-8)9-4-2-6-15-11(9)14;/h1,3,5,7,9H,2,4,6H2;. The fourth-order valence-corrected chi connectivity index (χ4v) is 1.63. The van der Waals surface area contributed by atoms with Gasteiger partial charge in [0.05, 0.1) is 6.61 Å². The zero-order valence-corrected chi connectivity index (χ0v) is 11.2. The van der Waals surface area contributed by atoms with Crippen LogP contribution in [0.1, 0.15) is 23.2 Å². The van der Waals surface area contributed by atoms with Crippen LogP contribution in [0.3, 0.4) is 0 Å². The number of Topliss-reactive ketones (excluding diaryl/α,β-unsaturated/α-hetero) is 1. The van der Waals surface area contributed by atoms with E-state index in [1.54, 1.807) is 18.3 Å². The third-order valence-corrected chi connectivity index (χ3v) is 2.43. The summed E-state index contributed by atoms with van der Waals surface area (Å²) in [6.07, 6.45) is 4.40. The van der Waals surface area contributed by atoms with Gasteiger partial charge in [0.25, 0.3) is 0 Å². The molecule has 1 aliphatic heterocycles. The van der Waals surface area contributed by atoms with Crippen LogP contribution in [0.25, 0.3) is 0 Å². The van der Waals surface area contributed by atoms with Gasteiger partial charge < -0.3 is 4.74 Å². The number of aromatic nitrogens is 1. The van der Waals surface area contributed by atoms with E-state index in [9.17, 15) is 9.59 Å². The molecule has 1 aliphatic rings. The Morgan fingerprint density at radius 1 is 1.50 bits per heavy atom. The number of ketones is 1. The molecule has 1 radical (unpaired) electrons. The van der Waals surface area contributed by atoms with Crippen molar-refractivity contribution in [3.8, 4) is 0 Å². The van der Waals surface area contributed by atoms with Gasteiger partial charge in [0, 0.05) is 47.5 Å². The summed E-state index contributed by atoms with van der Waals surface area (Å²) in [7, 11) is 0. The maximum Gasteiger partial charge on any atom is 0.316 e. The molecule has 1 saturated heterocycles. The van der Waals surface area contributed by atoms with Gasteiger partial charge in [0.15, 0.2) is 5.78 Å².